The summed E-state index contributed by atoms with van der Waals surface area (Å²) < 4.78 is 4.62. The van der Waals surface area contributed by atoms with Crippen molar-refractivity contribution in [2.45, 2.75) is 125 Å². The fraction of sp³-hybridized carbons (Fsp3) is 0.426. The van der Waals surface area contributed by atoms with Crippen molar-refractivity contribution in [2.75, 3.05) is 0 Å². The van der Waals surface area contributed by atoms with Crippen LogP contribution in [0.4, 0.5) is 17.2 Å². The number of benzene rings is 3. The van der Waals surface area contributed by atoms with Crippen molar-refractivity contribution in [3.63, 3.8) is 0 Å². The summed E-state index contributed by atoms with van der Waals surface area (Å²) in [5.41, 5.74) is 14.2. The van der Waals surface area contributed by atoms with Crippen LogP contribution in [0.3, 0.4) is 0 Å². The van der Waals surface area contributed by atoms with Crippen LogP contribution in [-0.2, 0) is 32.9 Å². The van der Waals surface area contributed by atoms with Gasteiger partial charge < -0.3 is 17.3 Å². The summed E-state index contributed by atoms with van der Waals surface area (Å²) in [5.74, 6) is 3.73. The third kappa shape index (κ3) is 8.25. The second-order valence-electron chi connectivity index (χ2n) is 15.3. The van der Waals surface area contributed by atoms with Gasteiger partial charge in [-0.15, -0.1) is 5.69 Å². The zero-order valence-electron chi connectivity index (χ0n) is 34.5. The second kappa shape index (κ2) is 18.1. The van der Waals surface area contributed by atoms with E-state index in [1.165, 1.54) is 55.9 Å². The van der Waals surface area contributed by atoms with Gasteiger partial charge in [-0.1, -0.05) is 155 Å². The first-order valence-electron chi connectivity index (χ1n) is 19.1. The predicted octanol–water partition coefficient (Wildman–Crippen LogP) is 13.9. The van der Waals surface area contributed by atoms with Crippen molar-refractivity contribution in [3.8, 4) is 0 Å². The third-order valence-corrected chi connectivity index (χ3v) is 10.2. The smallest absolute Gasteiger partial charge is 0.346 e. The minimum Gasteiger partial charge on any atom is -0.670 e. The van der Waals surface area contributed by atoms with Crippen LogP contribution in [0.25, 0.3) is 10.9 Å². The molecule has 0 fully saturated rings. The topological polar surface area (TPSA) is 34.9 Å². The summed E-state index contributed by atoms with van der Waals surface area (Å²) >= 11 is 0. The summed E-state index contributed by atoms with van der Waals surface area (Å²) in [5, 5.41) is 5.90. The van der Waals surface area contributed by atoms with Gasteiger partial charge in [-0.2, -0.15) is 4.58 Å². The number of hydrogen-bond acceptors (Lipinski definition) is 1. The van der Waals surface area contributed by atoms with Crippen LogP contribution < -0.4 is 4.58 Å². The van der Waals surface area contributed by atoms with E-state index in [4.69, 9.17) is 10.3 Å². The van der Waals surface area contributed by atoms with Crippen molar-refractivity contribution in [1.29, 1.82) is 0 Å². The molecule has 6 rings (SSSR count). The maximum Gasteiger partial charge on any atom is 0.346 e. The maximum absolute atomic E-state index is 5.90. The van der Waals surface area contributed by atoms with E-state index in [-0.39, 0.29) is 39.3 Å². The van der Waals surface area contributed by atoms with Crippen molar-refractivity contribution >= 4 is 28.5 Å². The number of fused-ring (bicyclic) bond motifs is 3. The first-order chi connectivity index (χ1) is 23.9. The Morgan fingerprint density at radius 1 is 0.731 bits per heavy atom. The molecule has 0 spiro atoms. The van der Waals surface area contributed by atoms with E-state index in [1.807, 2.05) is 13.8 Å². The first kappa shape index (κ1) is 43.1. The quantitative estimate of drug-likeness (QED) is 0.0889. The Labute approximate surface area is 335 Å². The van der Waals surface area contributed by atoms with Gasteiger partial charge in [0.2, 0.25) is 5.82 Å². The molecule has 3 aromatic carbocycles. The van der Waals surface area contributed by atoms with Gasteiger partial charge >= 0.3 is 5.82 Å². The van der Waals surface area contributed by atoms with Gasteiger partial charge in [0.1, 0.15) is 17.6 Å². The number of allylic oxidation sites excluding steroid dienone is 4. The van der Waals surface area contributed by atoms with E-state index in [9.17, 15) is 0 Å². The Morgan fingerprint density at radius 2 is 1.29 bits per heavy atom. The average Bonchev–Trinajstić information content (AvgIpc) is 3.64. The molecule has 1 unspecified atom stereocenters. The molecular weight excluding hydrogens is 799 g/mol. The fourth-order valence-electron chi connectivity index (χ4n) is 7.51. The van der Waals surface area contributed by atoms with E-state index >= 15 is 0 Å². The molecule has 1 aromatic heterocycles. The van der Waals surface area contributed by atoms with Crippen LogP contribution in [0.2, 0.25) is 0 Å². The normalized spacial score (nSPS) is 13.8. The van der Waals surface area contributed by atoms with Gasteiger partial charge in [0.05, 0.1) is 0 Å². The van der Waals surface area contributed by atoms with Crippen molar-refractivity contribution in [2.24, 2.45) is 7.05 Å². The SMILES string of the molecule is CC.CC(C)c1cc(C(C)C)c(C([N-]c2c(C(C)C)cccc2C(C)C)c2nc([N+]3=C4CC=CC=C4c4ccccc43)cn2C)c(C(C)C)c1.[CH3-].[Hf]. The molecular formula is C47H63HfN4-. The molecule has 1 atom stereocenters. The standard InChI is InChI=1S/C44H54N4.C2H6.CH3.Hf/c1-26(2)31-23-36(29(7)8)41(37(24-31)30(9)10)43(46-42-32(27(3)4)19-16-20-33(42)28(5)6)44-45-40(25-47(44)11)48-38-21-14-12-17-34(38)35-18-13-15-22-39(35)48;1-2;;/h12-21,23-30,43H,22H2,1-11H3;1-2H3;1H3;/q;;-1;. The monoisotopic (exact) mass is 863 g/mol. The zero-order valence-corrected chi connectivity index (χ0v) is 38.1. The number of nitrogens with zero attached hydrogens (tertiary/aromatic N) is 4. The van der Waals surface area contributed by atoms with Crippen LogP contribution in [0, 0.1) is 7.43 Å². The summed E-state index contributed by atoms with van der Waals surface area (Å²) in [6, 6.07) is 20.1. The van der Waals surface area contributed by atoms with Gasteiger partial charge in [0.25, 0.3) is 0 Å². The fourth-order valence-corrected chi connectivity index (χ4v) is 7.51. The van der Waals surface area contributed by atoms with E-state index in [0.717, 1.165) is 23.8 Å². The largest absolute Gasteiger partial charge is 0.670 e. The Bertz CT molecular complexity index is 1880. The zero-order chi connectivity index (χ0) is 36.4. The Hall–Kier alpha value is -3.31. The molecule has 4 aromatic rings. The molecule has 5 heteroatoms. The van der Waals surface area contributed by atoms with Crippen LogP contribution in [0.5, 0.6) is 0 Å². The van der Waals surface area contributed by atoms with Gasteiger partial charge in [0, 0.05) is 50.4 Å². The first-order valence-corrected chi connectivity index (χ1v) is 19.1. The van der Waals surface area contributed by atoms with Gasteiger partial charge in [-0.3, -0.25) is 0 Å². The van der Waals surface area contributed by atoms with E-state index < -0.39 is 0 Å². The molecule has 0 saturated heterocycles. The minimum atomic E-state index is -0.277. The summed E-state index contributed by atoms with van der Waals surface area (Å²) in [7, 11) is 2.16. The number of imidazole rings is 1. The number of aromatic nitrogens is 2. The van der Waals surface area contributed by atoms with Gasteiger partial charge in [-0.05, 0) is 75.0 Å². The molecule has 4 nitrogen and oxygen atoms in total. The van der Waals surface area contributed by atoms with Gasteiger partial charge in [0.15, 0.2) is 0 Å². The summed E-state index contributed by atoms with van der Waals surface area (Å²) in [6.45, 7) is 27.1. The third-order valence-electron chi connectivity index (χ3n) is 10.2. The van der Waals surface area contributed by atoms with Crippen LogP contribution in [-0.4, -0.2) is 15.3 Å². The van der Waals surface area contributed by atoms with E-state index in [2.05, 4.69) is 164 Å². The molecule has 0 amide bonds. The Kier molecular flexibility index (Phi) is 15.0. The van der Waals surface area contributed by atoms with Crippen molar-refractivity contribution < 1.29 is 25.8 Å². The number of rotatable bonds is 10. The van der Waals surface area contributed by atoms with Crippen molar-refractivity contribution in [3.05, 3.63) is 137 Å². The molecule has 276 valence electrons. The van der Waals surface area contributed by atoms with E-state index in [1.54, 1.807) is 0 Å². The number of hydrogen-bond donors (Lipinski definition) is 0. The van der Waals surface area contributed by atoms with Gasteiger partial charge in [-0.25, -0.2) is 0 Å². The van der Waals surface area contributed by atoms with Crippen LogP contribution in [0.15, 0.2) is 79.0 Å². The number of aryl methyl sites for hydroxylation is 1. The Balaban J connectivity index is 0.00000179. The second-order valence-corrected chi connectivity index (χ2v) is 15.3. The van der Waals surface area contributed by atoms with Crippen LogP contribution >= 0.6 is 0 Å². The molecule has 1 aliphatic heterocycles. The molecule has 0 bridgehead atoms. The summed E-state index contributed by atoms with van der Waals surface area (Å²) in [4.78, 5) is 5.59. The number of para-hydroxylation sites is 2. The molecule has 1 aliphatic carbocycles. The molecule has 0 radical (unpaired) electrons. The molecule has 0 saturated carbocycles. The van der Waals surface area contributed by atoms with Crippen LogP contribution in [0.1, 0.15) is 170 Å². The molecule has 2 aliphatic rings. The maximum atomic E-state index is 5.90. The molecule has 0 N–H and O–H groups in total. The predicted molar refractivity (Wildman–Crippen MR) is 224 cm³/mol. The summed E-state index contributed by atoms with van der Waals surface area (Å²) in [6.07, 6.45) is 9.77. The average molecular weight is 863 g/mol. The van der Waals surface area contributed by atoms with E-state index in [0.29, 0.717) is 29.6 Å². The molecule has 2 heterocycles. The minimum absolute atomic E-state index is 0. The Morgan fingerprint density at radius 3 is 1.83 bits per heavy atom. The molecule has 52 heavy (non-hydrogen) atoms. The van der Waals surface area contributed by atoms with Crippen molar-refractivity contribution in [1.82, 2.24) is 14.1 Å².